The van der Waals surface area contributed by atoms with Crippen LogP contribution in [0.25, 0.3) is 10.8 Å². The minimum atomic E-state index is 0.173. The molecule has 0 amide bonds. The SMILES string of the molecule is OCCc1ccc2ccccc2c1S. The van der Waals surface area contributed by atoms with Gasteiger partial charge in [0.2, 0.25) is 0 Å². The molecule has 14 heavy (non-hydrogen) atoms. The molecule has 2 aromatic rings. The normalized spacial score (nSPS) is 10.7. The Morgan fingerprint density at radius 1 is 1.07 bits per heavy atom. The first-order valence-electron chi connectivity index (χ1n) is 4.63. The summed E-state index contributed by atoms with van der Waals surface area (Å²) in [6, 6.07) is 12.2. The molecule has 72 valence electrons. The third kappa shape index (κ3) is 1.63. The zero-order valence-electron chi connectivity index (χ0n) is 7.77. The molecule has 0 aliphatic carbocycles. The van der Waals surface area contributed by atoms with Crippen molar-refractivity contribution in [3.63, 3.8) is 0 Å². The fourth-order valence-electron chi connectivity index (χ4n) is 1.62. The van der Waals surface area contributed by atoms with Gasteiger partial charge < -0.3 is 5.11 Å². The van der Waals surface area contributed by atoms with Gasteiger partial charge in [-0.2, -0.15) is 0 Å². The number of aliphatic hydroxyl groups is 1. The molecule has 1 nitrogen and oxygen atoms in total. The Morgan fingerprint density at radius 3 is 2.64 bits per heavy atom. The molecular weight excluding hydrogens is 192 g/mol. The van der Waals surface area contributed by atoms with Crippen LogP contribution in [0.3, 0.4) is 0 Å². The van der Waals surface area contributed by atoms with Gasteiger partial charge in [0.15, 0.2) is 0 Å². The van der Waals surface area contributed by atoms with Gasteiger partial charge in [0.25, 0.3) is 0 Å². The molecule has 0 aliphatic heterocycles. The number of thiol groups is 1. The highest BCUT2D eigenvalue weighted by molar-refractivity contribution is 7.80. The second-order valence-corrected chi connectivity index (χ2v) is 3.72. The lowest BCUT2D eigenvalue weighted by Crippen LogP contribution is -1.92. The van der Waals surface area contributed by atoms with Crippen molar-refractivity contribution in [3.05, 3.63) is 42.0 Å². The van der Waals surface area contributed by atoms with Gasteiger partial charge in [-0.25, -0.2) is 0 Å². The lowest BCUT2D eigenvalue weighted by atomic mass is 10.1. The smallest absolute Gasteiger partial charge is 0.0471 e. The van der Waals surface area contributed by atoms with Gasteiger partial charge in [0, 0.05) is 11.5 Å². The van der Waals surface area contributed by atoms with Gasteiger partial charge in [-0.1, -0.05) is 36.4 Å². The Labute approximate surface area is 88.8 Å². The summed E-state index contributed by atoms with van der Waals surface area (Å²) in [5.74, 6) is 0. The number of fused-ring (bicyclic) bond motifs is 1. The van der Waals surface area contributed by atoms with E-state index in [-0.39, 0.29) is 6.61 Å². The average Bonchev–Trinajstić information content (AvgIpc) is 2.23. The molecule has 0 bridgehead atoms. The summed E-state index contributed by atoms with van der Waals surface area (Å²) in [5, 5.41) is 11.2. The second kappa shape index (κ2) is 4.03. The molecule has 0 aliphatic rings. The summed E-state index contributed by atoms with van der Waals surface area (Å²) in [5.41, 5.74) is 1.11. The van der Waals surface area contributed by atoms with E-state index in [0.29, 0.717) is 6.42 Å². The van der Waals surface area contributed by atoms with Crippen LogP contribution in [0.4, 0.5) is 0 Å². The molecule has 0 unspecified atom stereocenters. The third-order valence-electron chi connectivity index (χ3n) is 2.37. The Bertz CT molecular complexity index is 451. The molecule has 2 heteroatoms. The molecule has 0 radical (unpaired) electrons. The van der Waals surface area contributed by atoms with Crippen molar-refractivity contribution >= 4 is 23.4 Å². The molecule has 2 rings (SSSR count). The van der Waals surface area contributed by atoms with E-state index in [2.05, 4.69) is 30.8 Å². The van der Waals surface area contributed by atoms with E-state index >= 15 is 0 Å². The molecule has 0 spiro atoms. The Morgan fingerprint density at radius 2 is 1.86 bits per heavy atom. The number of aliphatic hydroxyl groups excluding tert-OH is 1. The molecule has 0 saturated heterocycles. The Kier molecular flexibility index (Phi) is 2.75. The summed E-state index contributed by atoms with van der Waals surface area (Å²) in [7, 11) is 0. The maximum absolute atomic E-state index is 8.88. The zero-order chi connectivity index (χ0) is 9.97. The predicted molar refractivity (Wildman–Crippen MR) is 62.0 cm³/mol. The van der Waals surface area contributed by atoms with Crippen molar-refractivity contribution in [2.45, 2.75) is 11.3 Å². The van der Waals surface area contributed by atoms with Crippen LogP contribution in [0, 0.1) is 0 Å². The van der Waals surface area contributed by atoms with Gasteiger partial charge in [0.1, 0.15) is 0 Å². The van der Waals surface area contributed by atoms with Gasteiger partial charge in [-0.05, 0) is 22.8 Å². The van der Waals surface area contributed by atoms with Crippen molar-refractivity contribution in [3.8, 4) is 0 Å². The van der Waals surface area contributed by atoms with Crippen molar-refractivity contribution < 1.29 is 5.11 Å². The van der Waals surface area contributed by atoms with Crippen molar-refractivity contribution in [1.29, 1.82) is 0 Å². The van der Waals surface area contributed by atoms with Gasteiger partial charge >= 0.3 is 0 Å². The van der Waals surface area contributed by atoms with Crippen LogP contribution < -0.4 is 0 Å². The molecule has 0 heterocycles. The fourth-order valence-corrected chi connectivity index (χ4v) is 2.01. The van der Waals surface area contributed by atoms with Crippen LogP contribution in [0.2, 0.25) is 0 Å². The highest BCUT2D eigenvalue weighted by Gasteiger charge is 2.02. The minimum absolute atomic E-state index is 0.173. The maximum atomic E-state index is 8.88. The van der Waals surface area contributed by atoms with E-state index < -0.39 is 0 Å². The predicted octanol–water partition coefficient (Wildman–Crippen LogP) is 2.66. The van der Waals surface area contributed by atoms with Crippen molar-refractivity contribution in [2.75, 3.05) is 6.61 Å². The molecular formula is C12H12OS. The third-order valence-corrected chi connectivity index (χ3v) is 2.89. The molecule has 0 aromatic heterocycles. The highest BCUT2D eigenvalue weighted by atomic mass is 32.1. The van der Waals surface area contributed by atoms with Gasteiger partial charge in [0.05, 0.1) is 0 Å². The largest absolute Gasteiger partial charge is 0.396 e. The van der Waals surface area contributed by atoms with Crippen LogP contribution in [0.15, 0.2) is 41.3 Å². The molecule has 2 aromatic carbocycles. The van der Waals surface area contributed by atoms with Crippen molar-refractivity contribution in [2.24, 2.45) is 0 Å². The first-order valence-corrected chi connectivity index (χ1v) is 5.08. The summed E-state index contributed by atoms with van der Waals surface area (Å²) in [4.78, 5) is 0.983. The van der Waals surface area contributed by atoms with Crippen LogP contribution >= 0.6 is 12.6 Å². The number of benzene rings is 2. The standard InChI is InChI=1S/C12H12OS/c13-8-7-10-6-5-9-3-1-2-4-11(9)12(10)14/h1-6,13-14H,7-8H2. The van der Waals surface area contributed by atoms with Crippen LogP contribution in [0.5, 0.6) is 0 Å². The van der Waals surface area contributed by atoms with Gasteiger partial charge in [-0.15, -0.1) is 12.6 Å². The summed E-state index contributed by atoms with van der Waals surface area (Å²) in [6.45, 7) is 0.173. The summed E-state index contributed by atoms with van der Waals surface area (Å²) >= 11 is 4.49. The quantitative estimate of drug-likeness (QED) is 0.721. The number of hydrogen-bond acceptors (Lipinski definition) is 2. The molecule has 0 atom stereocenters. The summed E-state index contributed by atoms with van der Waals surface area (Å²) in [6.07, 6.45) is 0.670. The van der Waals surface area contributed by atoms with E-state index in [0.717, 1.165) is 15.8 Å². The molecule has 1 N–H and O–H groups in total. The Balaban J connectivity index is 2.63. The fraction of sp³-hybridized carbons (Fsp3) is 0.167. The highest BCUT2D eigenvalue weighted by Crippen LogP contribution is 2.25. The van der Waals surface area contributed by atoms with E-state index in [1.165, 1.54) is 5.39 Å². The second-order valence-electron chi connectivity index (χ2n) is 3.27. The first-order chi connectivity index (χ1) is 6.83. The van der Waals surface area contributed by atoms with E-state index in [1.54, 1.807) is 0 Å². The molecule has 0 fully saturated rings. The van der Waals surface area contributed by atoms with Crippen LogP contribution in [-0.4, -0.2) is 11.7 Å². The number of rotatable bonds is 2. The van der Waals surface area contributed by atoms with Crippen LogP contribution in [-0.2, 0) is 6.42 Å². The first kappa shape index (κ1) is 9.56. The summed E-state index contributed by atoms with van der Waals surface area (Å²) < 4.78 is 0. The van der Waals surface area contributed by atoms with Gasteiger partial charge in [-0.3, -0.25) is 0 Å². The van der Waals surface area contributed by atoms with Crippen LogP contribution in [0.1, 0.15) is 5.56 Å². The van der Waals surface area contributed by atoms with E-state index in [9.17, 15) is 0 Å². The maximum Gasteiger partial charge on any atom is 0.0471 e. The lowest BCUT2D eigenvalue weighted by Gasteiger charge is -2.06. The topological polar surface area (TPSA) is 20.2 Å². The van der Waals surface area contributed by atoms with Crippen molar-refractivity contribution in [1.82, 2.24) is 0 Å². The lowest BCUT2D eigenvalue weighted by molar-refractivity contribution is 0.299. The minimum Gasteiger partial charge on any atom is -0.396 e. The zero-order valence-corrected chi connectivity index (χ0v) is 8.67. The number of hydrogen-bond donors (Lipinski definition) is 2. The molecule has 0 saturated carbocycles. The van der Waals surface area contributed by atoms with E-state index in [4.69, 9.17) is 5.11 Å². The monoisotopic (exact) mass is 204 g/mol. The van der Waals surface area contributed by atoms with E-state index in [1.807, 2.05) is 18.2 Å². The Hall–Kier alpha value is -0.990. The average molecular weight is 204 g/mol.